The van der Waals surface area contributed by atoms with Crippen LogP contribution in [0.25, 0.3) is 17.3 Å². The molecule has 5 aromatic rings. The molecule has 3 N–H and O–H groups in total. The molecule has 0 saturated carbocycles. The zero-order valence-electron chi connectivity index (χ0n) is 25.7. The van der Waals surface area contributed by atoms with Crippen LogP contribution in [0.15, 0.2) is 120 Å². The van der Waals surface area contributed by atoms with E-state index in [9.17, 15) is 14.4 Å². The summed E-state index contributed by atoms with van der Waals surface area (Å²) in [6.45, 7) is 6.23. The summed E-state index contributed by atoms with van der Waals surface area (Å²) >= 11 is 2.83. The molecule has 3 amide bonds. The SMILES string of the molecule is Cc1sc(NC(=O)CSc2ccc(NC(=O)/C(=C/c3ccc(C(C)C)cc3)NC(=O)c3ccccc3)cc2)nc1-c1ccccc1. The number of carbonyl (C=O) groups is 3. The Balaban J connectivity index is 1.21. The number of hydrogen-bond donors (Lipinski definition) is 3. The molecular weight excluding hydrogens is 613 g/mol. The van der Waals surface area contributed by atoms with Gasteiger partial charge in [0, 0.05) is 26.6 Å². The fourth-order valence-corrected chi connectivity index (χ4v) is 6.09. The highest BCUT2D eigenvalue weighted by Gasteiger charge is 2.16. The first-order chi connectivity index (χ1) is 22.2. The second-order valence-corrected chi connectivity index (χ2v) is 13.1. The number of thiazole rings is 1. The molecule has 9 heteroatoms. The quantitative estimate of drug-likeness (QED) is 0.0989. The van der Waals surface area contributed by atoms with Crippen LogP contribution in [0.1, 0.15) is 46.1 Å². The van der Waals surface area contributed by atoms with E-state index in [2.05, 4.69) is 34.8 Å². The number of nitrogens with one attached hydrogen (secondary N) is 3. The van der Waals surface area contributed by atoms with Gasteiger partial charge in [0.15, 0.2) is 5.13 Å². The molecule has 46 heavy (non-hydrogen) atoms. The maximum Gasteiger partial charge on any atom is 0.272 e. The number of amides is 3. The van der Waals surface area contributed by atoms with Crippen molar-refractivity contribution in [1.29, 1.82) is 0 Å². The zero-order chi connectivity index (χ0) is 32.5. The van der Waals surface area contributed by atoms with Gasteiger partial charge in [-0.05, 0) is 66.4 Å². The maximum atomic E-state index is 13.4. The number of nitrogens with zero attached hydrogens (tertiary/aromatic N) is 1. The summed E-state index contributed by atoms with van der Waals surface area (Å²) in [6.07, 6.45) is 1.66. The topological polar surface area (TPSA) is 100 Å². The molecule has 5 rings (SSSR count). The third-order valence-corrected chi connectivity index (χ3v) is 8.91. The number of aryl methyl sites for hydroxylation is 1. The first-order valence-corrected chi connectivity index (χ1v) is 16.6. The monoisotopic (exact) mass is 646 g/mol. The predicted octanol–water partition coefficient (Wildman–Crippen LogP) is 8.38. The molecule has 1 heterocycles. The van der Waals surface area contributed by atoms with Crippen molar-refractivity contribution in [2.75, 3.05) is 16.4 Å². The van der Waals surface area contributed by atoms with Gasteiger partial charge in [-0.15, -0.1) is 23.1 Å². The number of aromatic nitrogens is 1. The zero-order valence-corrected chi connectivity index (χ0v) is 27.4. The molecule has 0 unspecified atom stereocenters. The molecule has 0 fully saturated rings. The average molecular weight is 647 g/mol. The van der Waals surface area contributed by atoms with E-state index < -0.39 is 5.91 Å². The largest absolute Gasteiger partial charge is 0.321 e. The predicted molar refractivity (Wildman–Crippen MR) is 189 cm³/mol. The Labute approximate surface area is 277 Å². The van der Waals surface area contributed by atoms with Crippen molar-refractivity contribution in [1.82, 2.24) is 10.3 Å². The second kappa shape index (κ2) is 15.3. The second-order valence-electron chi connectivity index (χ2n) is 10.8. The van der Waals surface area contributed by atoms with Crippen LogP contribution in [0.5, 0.6) is 0 Å². The van der Waals surface area contributed by atoms with Gasteiger partial charge in [0.1, 0.15) is 5.70 Å². The fraction of sp³-hybridized carbons (Fsp3) is 0.135. The van der Waals surface area contributed by atoms with E-state index in [0.29, 0.717) is 22.3 Å². The van der Waals surface area contributed by atoms with E-state index in [1.54, 1.807) is 42.5 Å². The van der Waals surface area contributed by atoms with Crippen molar-refractivity contribution in [2.24, 2.45) is 0 Å². The van der Waals surface area contributed by atoms with Crippen molar-refractivity contribution in [2.45, 2.75) is 31.6 Å². The Bertz CT molecular complexity index is 1830. The Hall–Kier alpha value is -4.99. The summed E-state index contributed by atoms with van der Waals surface area (Å²) in [7, 11) is 0. The molecule has 232 valence electrons. The van der Waals surface area contributed by atoms with E-state index in [1.165, 1.54) is 28.7 Å². The summed E-state index contributed by atoms with van der Waals surface area (Å²) in [6, 6.07) is 33.7. The lowest BCUT2D eigenvalue weighted by Crippen LogP contribution is -2.30. The van der Waals surface area contributed by atoms with Crippen LogP contribution in [-0.2, 0) is 9.59 Å². The molecule has 0 aliphatic carbocycles. The van der Waals surface area contributed by atoms with Crippen molar-refractivity contribution >= 4 is 57.7 Å². The lowest BCUT2D eigenvalue weighted by molar-refractivity contribution is -0.114. The smallest absolute Gasteiger partial charge is 0.272 e. The van der Waals surface area contributed by atoms with Crippen LogP contribution in [-0.4, -0.2) is 28.5 Å². The maximum absolute atomic E-state index is 13.4. The van der Waals surface area contributed by atoms with E-state index in [0.717, 1.165) is 26.6 Å². The molecule has 0 aliphatic rings. The first kappa shape index (κ1) is 32.4. The highest BCUT2D eigenvalue weighted by molar-refractivity contribution is 8.00. The lowest BCUT2D eigenvalue weighted by Gasteiger charge is -2.12. The van der Waals surface area contributed by atoms with Gasteiger partial charge in [-0.2, -0.15) is 0 Å². The molecule has 7 nitrogen and oxygen atoms in total. The van der Waals surface area contributed by atoms with Crippen LogP contribution >= 0.6 is 23.1 Å². The standard InChI is InChI=1S/C37H34N4O3S2/c1-24(2)27-16-14-26(15-17-27)22-32(39-35(43)29-12-8-5-9-13-29)36(44)38-30-18-20-31(21-19-30)45-23-33(42)40-37-41-34(25(3)46-37)28-10-6-4-7-11-28/h4-22,24H,23H2,1-3H3,(H,38,44)(H,39,43)(H,40,41,42)/b32-22-. The van der Waals surface area contributed by atoms with Gasteiger partial charge in [-0.25, -0.2) is 4.98 Å². The van der Waals surface area contributed by atoms with Gasteiger partial charge >= 0.3 is 0 Å². The summed E-state index contributed by atoms with van der Waals surface area (Å²) in [5.74, 6) is -0.398. The molecule has 0 radical (unpaired) electrons. The van der Waals surface area contributed by atoms with Crippen molar-refractivity contribution in [3.63, 3.8) is 0 Å². The molecule has 0 spiro atoms. The number of benzene rings is 4. The molecule has 0 bridgehead atoms. The Kier molecular flexibility index (Phi) is 10.8. The van der Waals surface area contributed by atoms with E-state index in [-0.39, 0.29) is 23.3 Å². The minimum Gasteiger partial charge on any atom is -0.321 e. The minimum absolute atomic E-state index is 0.120. The molecule has 1 aromatic heterocycles. The van der Waals surface area contributed by atoms with Crippen molar-refractivity contribution in [3.05, 3.63) is 136 Å². The van der Waals surface area contributed by atoms with Crippen LogP contribution in [0.2, 0.25) is 0 Å². The summed E-state index contributed by atoms with van der Waals surface area (Å²) in [5, 5.41) is 9.12. The molecule has 0 aliphatic heterocycles. The van der Waals surface area contributed by atoms with E-state index in [1.807, 2.05) is 79.7 Å². The lowest BCUT2D eigenvalue weighted by atomic mass is 10.0. The summed E-state index contributed by atoms with van der Waals surface area (Å²) in [4.78, 5) is 45.5. The van der Waals surface area contributed by atoms with Gasteiger partial charge in [-0.3, -0.25) is 14.4 Å². The third-order valence-electron chi connectivity index (χ3n) is 7.02. The average Bonchev–Trinajstić information content (AvgIpc) is 3.44. The summed E-state index contributed by atoms with van der Waals surface area (Å²) in [5.41, 5.74) is 4.98. The van der Waals surface area contributed by atoms with Gasteiger partial charge < -0.3 is 16.0 Å². The Morgan fingerprint density at radius 3 is 2.13 bits per heavy atom. The molecule has 4 aromatic carbocycles. The van der Waals surface area contributed by atoms with Crippen molar-refractivity contribution in [3.8, 4) is 11.3 Å². The molecule has 0 atom stereocenters. The molecule has 0 saturated heterocycles. The highest BCUT2D eigenvalue weighted by atomic mass is 32.2. The highest BCUT2D eigenvalue weighted by Crippen LogP contribution is 2.30. The van der Waals surface area contributed by atoms with Crippen molar-refractivity contribution < 1.29 is 14.4 Å². The Morgan fingerprint density at radius 2 is 1.48 bits per heavy atom. The number of rotatable bonds is 11. The van der Waals surface area contributed by atoms with Gasteiger partial charge in [-0.1, -0.05) is 86.6 Å². The fourth-order valence-electron chi connectivity index (χ4n) is 4.54. The van der Waals surface area contributed by atoms with Gasteiger partial charge in [0.05, 0.1) is 11.4 Å². The summed E-state index contributed by atoms with van der Waals surface area (Å²) < 4.78 is 0. The first-order valence-electron chi connectivity index (χ1n) is 14.8. The number of anilines is 2. The number of carbonyl (C=O) groups excluding carboxylic acids is 3. The van der Waals surface area contributed by atoms with Crippen LogP contribution < -0.4 is 16.0 Å². The normalized spacial score (nSPS) is 11.3. The van der Waals surface area contributed by atoms with Gasteiger partial charge in [0.25, 0.3) is 11.8 Å². The number of thioether (sulfide) groups is 1. The number of hydrogen-bond acceptors (Lipinski definition) is 6. The van der Waals surface area contributed by atoms with E-state index >= 15 is 0 Å². The third kappa shape index (κ3) is 8.80. The van der Waals surface area contributed by atoms with Crippen LogP contribution in [0, 0.1) is 6.92 Å². The van der Waals surface area contributed by atoms with Crippen LogP contribution in [0.4, 0.5) is 10.8 Å². The van der Waals surface area contributed by atoms with Crippen LogP contribution in [0.3, 0.4) is 0 Å². The Morgan fingerprint density at radius 1 is 0.826 bits per heavy atom. The minimum atomic E-state index is -0.453. The van der Waals surface area contributed by atoms with E-state index in [4.69, 9.17) is 0 Å². The molecular formula is C37H34N4O3S2. The van der Waals surface area contributed by atoms with Gasteiger partial charge in [0.2, 0.25) is 5.91 Å².